The minimum absolute atomic E-state index is 0.324. The Kier molecular flexibility index (Phi) is 5.28. The SMILES string of the molecule is O=C(O)CC(=O)C(NNc1ccccc1Cl)C(=O)O. The average Bonchev–Trinajstić information content (AvgIpc) is 2.30. The van der Waals surface area contributed by atoms with Crippen LogP contribution in [0.3, 0.4) is 0 Å². The molecule has 1 unspecified atom stereocenters. The maximum absolute atomic E-state index is 11.4. The van der Waals surface area contributed by atoms with E-state index in [0.29, 0.717) is 10.7 Å². The van der Waals surface area contributed by atoms with Crippen molar-refractivity contribution < 1.29 is 24.6 Å². The van der Waals surface area contributed by atoms with E-state index >= 15 is 0 Å². The molecule has 1 aromatic carbocycles. The number of halogens is 1. The second kappa shape index (κ2) is 6.72. The number of hydrazine groups is 1. The van der Waals surface area contributed by atoms with Crippen molar-refractivity contribution in [3.05, 3.63) is 29.3 Å². The van der Waals surface area contributed by atoms with Crippen LogP contribution in [0.15, 0.2) is 24.3 Å². The Balaban J connectivity index is 2.70. The molecule has 19 heavy (non-hydrogen) atoms. The van der Waals surface area contributed by atoms with Crippen LogP contribution in [0, 0.1) is 0 Å². The summed E-state index contributed by atoms with van der Waals surface area (Å²) in [4.78, 5) is 32.7. The minimum Gasteiger partial charge on any atom is -0.481 e. The molecule has 0 aliphatic heterocycles. The molecule has 1 atom stereocenters. The number of carbonyl (C=O) groups is 3. The first-order valence-electron chi connectivity index (χ1n) is 5.15. The Morgan fingerprint density at radius 1 is 1.21 bits per heavy atom. The molecule has 4 N–H and O–H groups in total. The quantitative estimate of drug-likeness (QED) is 0.432. The molecule has 0 aliphatic rings. The number of hydrogen-bond donors (Lipinski definition) is 4. The van der Waals surface area contributed by atoms with Gasteiger partial charge in [0, 0.05) is 0 Å². The predicted octanol–water partition coefficient (Wildman–Crippen LogP) is 0.753. The van der Waals surface area contributed by atoms with E-state index in [9.17, 15) is 14.4 Å². The monoisotopic (exact) mass is 286 g/mol. The average molecular weight is 287 g/mol. The van der Waals surface area contributed by atoms with Gasteiger partial charge in [-0.15, -0.1) is 0 Å². The Bertz CT molecular complexity index is 506. The zero-order valence-electron chi connectivity index (χ0n) is 9.59. The summed E-state index contributed by atoms with van der Waals surface area (Å²) >= 11 is 5.82. The largest absolute Gasteiger partial charge is 0.481 e. The number of carboxylic acids is 2. The molecule has 0 aliphatic carbocycles. The molecule has 0 radical (unpaired) electrons. The van der Waals surface area contributed by atoms with Gasteiger partial charge in [0.2, 0.25) is 0 Å². The van der Waals surface area contributed by atoms with Crippen LogP contribution >= 0.6 is 11.6 Å². The molecule has 8 heteroatoms. The highest BCUT2D eigenvalue weighted by atomic mass is 35.5. The highest BCUT2D eigenvalue weighted by Crippen LogP contribution is 2.19. The Morgan fingerprint density at radius 3 is 2.37 bits per heavy atom. The third-order valence-electron chi connectivity index (χ3n) is 2.12. The lowest BCUT2D eigenvalue weighted by Crippen LogP contribution is -2.46. The minimum atomic E-state index is -1.67. The Morgan fingerprint density at radius 2 is 1.84 bits per heavy atom. The van der Waals surface area contributed by atoms with Crippen molar-refractivity contribution in [1.29, 1.82) is 0 Å². The lowest BCUT2D eigenvalue weighted by molar-refractivity contribution is -0.145. The van der Waals surface area contributed by atoms with E-state index in [1.807, 2.05) is 0 Å². The molecule has 0 saturated heterocycles. The normalized spacial score (nSPS) is 11.6. The van der Waals surface area contributed by atoms with Gasteiger partial charge in [-0.05, 0) is 12.1 Å². The Labute approximate surface area is 113 Å². The van der Waals surface area contributed by atoms with Gasteiger partial charge in [-0.3, -0.25) is 9.59 Å². The number of hydrogen-bond acceptors (Lipinski definition) is 5. The molecule has 1 rings (SSSR count). The topological polar surface area (TPSA) is 116 Å². The summed E-state index contributed by atoms with van der Waals surface area (Å²) in [5, 5.41) is 17.6. The number of aliphatic carboxylic acids is 2. The van der Waals surface area contributed by atoms with Crippen molar-refractivity contribution in [3.63, 3.8) is 0 Å². The zero-order valence-corrected chi connectivity index (χ0v) is 10.3. The van der Waals surface area contributed by atoms with Crippen LogP contribution in [0.25, 0.3) is 0 Å². The second-order valence-electron chi connectivity index (χ2n) is 3.56. The van der Waals surface area contributed by atoms with Crippen LogP contribution in [0.5, 0.6) is 0 Å². The number of carboxylic acid groups (broad SMARTS) is 2. The summed E-state index contributed by atoms with van der Waals surface area (Å²) in [5.41, 5.74) is 5.08. The molecule has 0 amide bonds. The maximum atomic E-state index is 11.4. The van der Waals surface area contributed by atoms with Gasteiger partial charge < -0.3 is 15.6 Å². The fraction of sp³-hybridized carbons (Fsp3) is 0.182. The maximum Gasteiger partial charge on any atom is 0.330 e. The van der Waals surface area contributed by atoms with E-state index in [0.717, 1.165) is 0 Å². The van der Waals surface area contributed by atoms with Crippen molar-refractivity contribution in [2.24, 2.45) is 0 Å². The van der Waals surface area contributed by atoms with Gasteiger partial charge in [0.25, 0.3) is 0 Å². The first-order chi connectivity index (χ1) is 8.91. The summed E-state index contributed by atoms with van der Waals surface area (Å²) in [6.07, 6.45) is -0.881. The second-order valence-corrected chi connectivity index (χ2v) is 3.96. The van der Waals surface area contributed by atoms with Gasteiger partial charge in [-0.1, -0.05) is 23.7 Å². The van der Waals surface area contributed by atoms with Crippen molar-refractivity contribution >= 4 is 35.0 Å². The van der Waals surface area contributed by atoms with Crippen molar-refractivity contribution in [2.75, 3.05) is 5.43 Å². The van der Waals surface area contributed by atoms with Gasteiger partial charge in [0.15, 0.2) is 11.8 Å². The summed E-state index contributed by atoms with van der Waals surface area (Å²) < 4.78 is 0. The van der Waals surface area contributed by atoms with Gasteiger partial charge in [0.1, 0.15) is 6.42 Å². The smallest absolute Gasteiger partial charge is 0.330 e. The van der Waals surface area contributed by atoms with Crippen LogP contribution in [0.2, 0.25) is 5.02 Å². The summed E-state index contributed by atoms with van der Waals surface area (Å²) in [5.74, 6) is -3.85. The lowest BCUT2D eigenvalue weighted by Gasteiger charge is -2.15. The Hall–Kier alpha value is -2.12. The van der Waals surface area contributed by atoms with Crippen LogP contribution in [-0.4, -0.2) is 34.0 Å². The summed E-state index contributed by atoms with van der Waals surface area (Å²) in [7, 11) is 0. The van der Waals surface area contributed by atoms with E-state index in [2.05, 4.69) is 10.9 Å². The lowest BCUT2D eigenvalue weighted by atomic mass is 10.1. The first-order valence-corrected chi connectivity index (χ1v) is 5.53. The van der Waals surface area contributed by atoms with Crippen LogP contribution < -0.4 is 10.9 Å². The van der Waals surface area contributed by atoms with Gasteiger partial charge in [-0.2, -0.15) is 0 Å². The van der Waals surface area contributed by atoms with E-state index in [1.54, 1.807) is 24.3 Å². The summed E-state index contributed by atoms with van der Waals surface area (Å²) in [6, 6.07) is 4.80. The molecule has 0 saturated carbocycles. The molecular formula is C11H11ClN2O5. The van der Waals surface area contributed by atoms with E-state index in [-0.39, 0.29) is 0 Å². The molecule has 0 fully saturated rings. The first kappa shape index (κ1) is 14.9. The van der Waals surface area contributed by atoms with E-state index < -0.39 is 30.2 Å². The zero-order chi connectivity index (χ0) is 14.4. The molecular weight excluding hydrogens is 276 g/mol. The van der Waals surface area contributed by atoms with Crippen molar-refractivity contribution in [1.82, 2.24) is 5.43 Å². The van der Waals surface area contributed by atoms with Gasteiger partial charge in [0.05, 0.1) is 10.7 Å². The van der Waals surface area contributed by atoms with Crippen LogP contribution in [0.4, 0.5) is 5.69 Å². The molecule has 0 spiro atoms. The predicted molar refractivity (Wildman–Crippen MR) is 66.9 cm³/mol. The highest BCUT2D eigenvalue weighted by molar-refractivity contribution is 6.33. The van der Waals surface area contributed by atoms with Crippen LogP contribution in [-0.2, 0) is 14.4 Å². The van der Waals surface area contributed by atoms with Gasteiger partial charge in [-0.25, -0.2) is 10.2 Å². The highest BCUT2D eigenvalue weighted by Gasteiger charge is 2.27. The number of Topliss-reactive ketones (excluding diaryl/α,β-unsaturated/α-hetero) is 1. The molecule has 0 bridgehead atoms. The molecule has 102 valence electrons. The summed E-state index contributed by atoms with van der Waals surface area (Å²) in [6.45, 7) is 0. The number of ketones is 1. The fourth-order valence-corrected chi connectivity index (χ4v) is 1.43. The molecule has 0 aromatic heterocycles. The molecule has 7 nitrogen and oxygen atoms in total. The van der Waals surface area contributed by atoms with Crippen molar-refractivity contribution in [3.8, 4) is 0 Å². The number of benzene rings is 1. The number of para-hydroxylation sites is 1. The number of nitrogens with one attached hydrogen (secondary N) is 2. The molecule has 0 heterocycles. The van der Waals surface area contributed by atoms with Crippen molar-refractivity contribution in [2.45, 2.75) is 12.5 Å². The standard InChI is InChI=1S/C11H11ClN2O5/c12-6-3-1-2-4-7(6)13-14-10(11(18)19)8(15)5-9(16)17/h1-4,10,13-14H,5H2,(H,16,17)(H,18,19). The van der Waals surface area contributed by atoms with E-state index in [4.69, 9.17) is 21.8 Å². The van der Waals surface area contributed by atoms with Crippen LogP contribution in [0.1, 0.15) is 6.42 Å². The number of anilines is 1. The number of carbonyl (C=O) groups excluding carboxylic acids is 1. The third-order valence-corrected chi connectivity index (χ3v) is 2.45. The fourth-order valence-electron chi connectivity index (χ4n) is 1.24. The van der Waals surface area contributed by atoms with Gasteiger partial charge >= 0.3 is 11.9 Å². The molecule has 1 aromatic rings. The van der Waals surface area contributed by atoms with E-state index in [1.165, 1.54) is 0 Å². The third kappa shape index (κ3) is 4.57. The number of rotatable bonds is 7.